The first-order valence-corrected chi connectivity index (χ1v) is 7.89. The van der Waals surface area contributed by atoms with Crippen LogP contribution in [0.5, 0.6) is 5.75 Å². The van der Waals surface area contributed by atoms with Crippen LogP contribution in [0.25, 0.3) is 0 Å². The monoisotopic (exact) mass is 327 g/mol. The molecule has 0 bridgehead atoms. The highest BCUT2D eigenvalue weighted by atomic mass is 16.5. The maximum absolute atomic E-state index is 12.3. The summed E-state index contributed by atoms with van der Waals surface area (Å²) >= 11 is 0. The Morgan fingerprint density at radius 2 is 2.08 bits per heavy atom. The van der Waals surface area contributed by atoms with Gasteiger partial charge in [-0.25, -0.2) is 14.8 Å². The summed E-state index contributed by atoms with van der Waals surface area (Å²) in [5.74, 6) is 2.07. The summed E-state index contributed by atoms with van der Waals surface area (Å²) in [6, 6.07) is 9.01. The zero-order valence-electron chi connectivity index (χ0n) is 13.8. The lowest BCUT2D eigenvalue weighted by molar-refractivity contribution is 0.195. The van der Waals surface area contributed by atoms with Gasteiger partial charge in [0.05, 0.1) is 6.54 Å². The molecule has 2 aromatic heterocycles. The maximum Gasteiger partial charge on any atom is 0.323 e. The second-order valence-corrected chi connectivity index (χ2v) is 5.84. The first kappa shape index (κ1) is 16.0. The fourth-order valence-corrected chi connectivity index (χ4v) is 2.62. The highest BCUT2D eigenvalue weighted by molar-refractivity contribution is 5.88. The van der Waals surface area contributed by atoms with Crippen molar-refractivity contribution < 1.29 is 9.53 Å². The van der Waals surface area contributed by atoms with Crippen molar-refractivity contribution >= 4 is 17.7 Å². The first-order chi connectivity index (χ1) is 11.6. The molecule has 1 fully saturated rings. The van der Waals surface area contributed by atoms with E-state index in [4.69, 9.17) is 4.74 Å². The molecule has 1 aliphatic heterocycles. The van der Waals surface area contributed by atoms with E-state index in [1.165, 1.54) is 0 Å². The van der Waals surface area contributed by atoms with E-state index in [-0.39, 0.29) is 12.1 Å². The number of amides is 2. The largest absolute Gasteiger partial charge is 0.485 e. The number of hydrogen-bond donors (Lipinski definition) is 1. The molecule has 3 rings (SSSR count). The second kappa shape index (κ2) is 7.16. The summed E-state index contributed by atoms with van der Waals surface area (Å²) in [6.07, 6.45) is 4.14. The van der Waals surface area contributed by atoms with Gasteiger partial charge in [-0.1, -0.05) is 6.07 Å². The summed E-state index contributed by atoms with van der Waals surface area (Å²) in [5.41, 5.74) is 0. The Morgan fingerprint density at radius 1 is 1.25 bits per heavy atom. The molecule has 24 heavy (non-hydrogen) atoms. The highest BCUT2D eigenvalue weighted by Crippen LogP contribution is 2.26. The van der Waals surface area contributed by atoms with Crippen molar-refractivity contribution in [2.24, 2.45) is 0 Å². The van der Waals surface area contributed by atoms with Crippen LogP contribution < -0.4 is 15.0 Å². The van der Waals surface area contributed by atoms with Crippen molar-refractivity contribution in [3.05, 3.63) is 42.7 Å². The molecule has 0 saturated carbocycles. The molecule has 1 N–H and O–H groups in total. The number of likely N-dealkylation sites (tertiary alicyclic amines) is 1. The number of nitrogens with zero attached hydrogens (tertiary/aromatic N) is 4. The standard InChI is InChI=1S/C17H21N5O2/c1-21(2)16-14(6-5-10-19-16)24-13-8-11-22(12-13)17(23)20-15-7-3-4-9-18-15/h3-7,9-10,13H,8,11-12H2,1-2H3,(H,18,20,23)/t13-/m0/s1. The number of ether oxygens (including phenoxy) is 1. The van der Waals surface area contributed by atoms with Crippen LogP contribution in [-0.2, 0) is 0 Å². The molecular weight excluding hydrogens is 306 g/mol. The Bertz CT molecular complexity index is 692. The minimum absolute atomic E-state index is 0.0395. The van der Waals surface area contributed by atoms with Crippen molar-refractivity contribution in [1.29, 1.82) is 0 Å². The van der Waals surface area contributed by atoms with Gasteiger partial charge in [-0.3, -0.25) is 5.32 Å². The summed E-state index contributed by atoms with van der Waals surface area (Å²) in [7, 11) is 3.85. The lowest BCUT2D eigenvalue weighted by atomic mass is 10.3. The number of carbonyl (C=O) groups is 1. The Labute approximate surface area is 141 Å². The molecule has 126 valence electrons. The van der Waals surface area contributed by atoms with Gasteiger partial charge in [0.15, 0.2) is 11.6 Å². The van der Waals surface area contributed by atoms with E-state index in [1.54, 1.807) is 23.4 Å². The molecule has 0 aromatic carbocycles. The van der Waals surface area contributed by atoms with Gasteiger partial charge < -0.3 is 14.5 Å². The molecule has 0 radical (unpaired) electrons. The Hall–Kier alpha value is -2.83. The average molecular weight is 327 g/mol. The van der Waals surface area contributed by atoms with Crippen LogP contribution in [0, 0.1) is 0 Å². The van der Waals surface area contributed by atoms with Gasteiger partial charge in [-0.05, 0) is 24.3 Å². The van der Waals surface area contributed by atoms with Gasteiger partial charge in [0.25, 0.3) is 0 Å². The molecule has 1 aliphatic rings. The van der Waals surface area contributed by atoms with Gasteiger partial charge in [0.2, 0.25) is 0 Å². The molecule has 2 aromatic rings. The van der Waals surface area contributed by atoms with Crippen molar-refractivity contribution in [3.8, 4) is 5.75 Å². The van der Waals surface area contributed by atoms with Gasteiger partial charge >= 0.3 is 6.03 Å². The van der Waals surface area contributed by atoms with E-state index in [2.05, 4.69) is 15.3 Å². The molecule has 0 aliphatic carbocycles. The second-order valence-electron chi connectivity index (χ2n) is 5.84. The number of nitrogens with one attached hydrogen (secondary N) is 1. The summed E-state index contributed by atoms with van der Waals surface area (Å²) < 4.78 is 6.06. The number of urea groups is 1. The summed E-state index contributed by atoms with van der Waals surface area (Å²) in [6.45, 7) is 1.20. The Kier molecular flexibility index (Phi) is 4.79. The molecule has 1 saturated heterocycles. The van der Waals surface area contributed by atoms with Crippen LogP contribution >= 0.6 is 0 Å². The van der Waals surface area contributed by atoms with Crippen LogP contribution in [0.1, 0.15) is 6.42 Å². The lowest BCUT2D eigenvalue weighted by Crippen LogP contribution is -2.34. The molecule has 0 unspecified atom stereocenters. The van der Waals surface area contributed by atoms with Crippen molar-refractivity contribution in [2.75, 3.05) is 37.4 Å². The van der Waals surface area contributed by atoms with E-state index in [0.29, 0.717) is 18.9 Å². The minimum Gasteiger partial charge on any atom is -0.485 e. The highest BCUT2D eigenvalue weighted by Gasteiger charge is 2.28. The number of hydrogen-bond acceptors (Lipinski definition) is 5. The number of carbonyl (C=O) groups excluding carboxylic acids is 1. The molecular formula is C17H21N5O2. The average Bonchev–Trinajstić information content (AvgIpc) is 3.05. The Morgan fingerprint density at radius 3 is 2.83 bits per heavy atom. The fourth-order valence-electron chi connectivity index (χ4n) is 2.62. The van der Waals surface area contributed by atoms with E-state index in [0.717, 1.165) is 18.0 Å². The normalized spacial score (nSPS) is 16.8. The van der Waals surface area contributed by atoms with E-state index in [9.17, 15) is 4.79 Å². The third-order valence-electron chi connectivity index (χ3n) is 3.80. The van der Waals surface area contributed by atoms with Crippen molar-refractivity contribution in [2.45, 2.75) is 12.5 Å². The lowest BCUT2D eigenvalue weighted by Gasteiger charge is -2.20. The third-order valence-corrected chi connectivity index (χ3v) is 3.80. The van der Waals surface area contributed by atoms with Crippen LogP contribution in [-0.4, -0.2) is 54.2 Å². The minimum atomic E-state index is -0.154. The molecule has 7 heteroatoms. The van der Waals surface area contributed by atoms with Crippen molar-refractivity contribution in [3.63, 3.8) is 0 Å². The topological polar surface area (TPSA) is 70.6 Å². The van der Waals surface area contributed by atoms with Crippen LogP contribution in [0.15, 0.2) is 42.7 Å². The summed E-state index contributed by atoms with van der Waals surface area (Å²) in [5, 5.41) is 2.80. The first-order valence-electron chi connectivity index (χ1n) is 7.89. The molecule has 3 heterocycles. The number of pyridine rings is 2. The van der Waals surface area contributed by atoms with Crippen molar-refractivity contribution in [1.82, 2.24) is 14.9 Å². The smallest absolute Gasteiger partial charge is 0.323 e. The molecule has 0 spiro atoms. The van der Waals surface area contributed by atoms with Gasteiger partial charge in [-0.15, -0.1) is 0 Å². The van der Waals surface area contributed by atoms with Gasteiger partial charge in [0, 0.05) is 39.5 Å². The quantitative estimate of drug-likeness (QED) is 0.932. The molecule has 7 nitrogen and oxygen atoms in total. The fraction of sp³-hybridized carbons (Fsp3) is 0.353. The van der Waals surface area contributed by atoms with Gasteiger partial charge in [-0.2, -0.15) is 0 Å². The van der Waals surface area contributed by atoms with E-state index in [1.807, 2.05) is 43.3 Å². The molecule has 2 amide bonds. The third kappa shape index (κ3) is 3.73. The van der Waals surface area contributed by atoms with E-state index < -0.39 is 0 Å². The predicted molar refractivity (Wildman–Crippen MR) is 92.4 cm³/mol. The number of anilines is 2. The predicted octanol–water partition coefficient (Wildman–Crippen LogP) is 2.23. The van der Waals surface area contributed by atoms with Crippen LogP contribution in [0.2, 0.25) is 0 Å². The SMILES string of the molecule is CN(C)c1ncccc1O[C@H]1CCN(C(=O)Nc2ccccn2)C1. The van der Waals surface area contributed by atoms with Crippen LogP contribution in [0.4, 0.5) is 16.4 Å². The number of rotatable bonds is 4. The Balaban J connectivity index is 1.59. The summed E-state index contributed by atoms with van der Waals surface area (Å²) in [4.78, 5) is 24.4. The molecule has 1 atom stereocenters. The zero-order chi connectivity index (χ0) is 16.9. The van der Waals surface area contributed by atoms with Gasteiger partial charge in [0.1, 0.15) is 11.9 Å². The zero-order valence-corrected chi connectivity index (χ0v) is 13.8. The number of aromatic nitrogens is 2. The van der Waals surface area contributed by atoms with E-state index >= 15 is 0 Å². The maximum atomic E-state index is 12.3. The van der Waals surface area contributed by atoms with Crippen LogP contribution in [0.3, 0.4) is 0 Å².